The first-order valence-corrected chi connectivity index (χ1v) is 9.71. The zero-order chi connectivity index (χ0) is 20.1. The van der Waals surface area contributed by atoms with Gasteiger partial charge in [0.05, 0.1) is 18.4 Å². The molecule has 0 fully saturated rings. The van der Waals surface area contributed by atoms with Gasteiger partial charge in [0.2, 0.25) is 0 Å². The number of nitrogens with one attached hydrogen (secondary N) is 1. The van der Waals surface area contributed by atoms with Crippen LogP contribution in [0.1, 0.15) is 41.5 Å². The van der Waals surface area contributed by atoms with Crippen LogP contribution in [0, 0.1) is 0 Å². The van der Waals surface area contributed by atoms with E-state index in [2.05, 4.69) is 39.3 Å². The summed E-state index contributed by atoms with van der Waals surface area (Å²) in [5, 5.41) is 2.89. The minimum atomic E-state index is -0.267. The molecule has 0 atom stereocenters. The van der Waals surface area contributed by atoms with Gasteiger partial charge < -0.3 is 9.88 Å². The molecular weight excluding hydrogens is 364 g/mol. The Hall–Kier alpha value is -3.61. The number of nitrogens with zero attached hydrogens (tertiary/aromatic N) is 5. The molecule has 0 spiro atoms. The van der Waals surface area contributed by atoms with Crippen LogP contribution >= 0.6 is 0 Å². The summed E-state index contributed by atoms with van der Waals surface area (Å²) >= 11 is 0. The van der Waals surface area contributed by atoms with Gasteiger partial charge >= 0.3 is 0 Å². The fourth-order valence-corrected chi connectivity index (χ4v) is 3.10. The molecule has 1 aromatic carbocycles. The Bertz CT molecular complexity index is 1110. The van der Waals surface area contributed by atoms with Gasteiger partial charge in [-0.3, -0.25) is 9.78 Å². The van der Waals surface area contributed by atoms with Crippen molar-refractivity contribution >= 4 is 22.9 Å². The Balaban J connectivity index is 1.71. The fraction of sp³-hybridized carbons (Fsp3) is 0.227. The Morgan fingerprint density at radius 2 is 1.97 bits per heavy atom. The Labute approximate surface area is 168 Å². The van der Waals surface area contributed by atoms with E-state index in [4.69, 9.17) is 4.98 Å². The first-order valence-electron chi connectivity index (χ1n) is 9.71. The van der Waals surface area contributed by atoms with E-state index in [0.29, 0.717) is 29.3 Å². The number of imidazole rings is 1. The highest BCUT2D eigenvalue weighted by molar-refractivity contribution is 6.06. The van der Waals surface area contributed by atoms with Crippen LogP contribution in [0.4, 0.5) is 5.82 Å². The number of hydrogen-bond acceptors (Lipinski definition) is 5. The largest absolute Gasteiger partial charge is 0.311 e. The van der Waals surface area contributed by atoms with Gasteiger partial charge in [-0.15, -0.1) is 0 Å². The van der Waals surface area contributed by atoms with Crippen molar-refractivity contribution in [2.24, 2.45) is 0 Å². The zero-order valence-electron chi connectivity index (χ0n) is 16.2. The van der Waals surface area contributed by atoms with Crippen molar-refractivity contribution < 1.29 is 4.79 Å². The maximum absolute atomic E-state index is 12.6. The lowest BCUT2D eigenvalue weighted by Crippen LogP contribution is -2.15. The van der Waals surface area contributed by atoms with Crippen LogP contribution in [0.15, 0.2) is 61.2 Å². The maximum Gasteiger partial charge on any atom is 0.258 e. The number of carbonyl (C=O) groups excluding carboxylic acids is 1. The van der Waals surface area contributed by atoms with E-state index in [-0.39, 0.29) is 5.91 Å². The summed E-state index contributed by atoms with van der Waals surface area (Å²) in [6, 6.07) is 13.6. The van der Waals surface area contributed by atoms with E-state index in [1.807, 2.05) is 22.8 Å². The smallest absolute Gasteiger partial charge is 0.258 e. The van der Waals surface area contributed by atoms with Gasteiger partial charge in [0, 0.05) is 18.8 Å². The molecule has 4 rings (SSSR count). The second kappa shape index (κ2) is 8.60. The van der Waals surface area contributed by atoms with Crippen LogP contribution in [0.3, 0.4) is 0 Å². The van der Waals surface area contributed by atoms with Crippen molar-refractivity contribution in [3.05, 3.63) is 78.1 Å². The molecule has 0 aliphatic rings. The summed E-state index contributed by atoms with van der Waals surface area (Å²) in [7, 11) is 0. The molecule has 7 heteroatoms. The van der Waals surface area contributed by atoms with Crippen molar-refractivity contribution in [3.63, 3.8) is 0 Å². The number of fused-ring (bicyclic) bond motifs is 1. The van der Waals surface area contributed by atoms with E-state index in [1.54, 1.807) is 24.7 Å². The van der Waals surface area contributed by atoms with Crippen molar-refractivity contribution in [1.82, 2.24) is 24.5 Å². The van der Waals surface area contributed by atoms with Crippen molar-refractivity contribution in [1.29, 1.82) is 0 Å². The molecule has 0 radical (unpaired) electrons. The SMILES string of the molecule is CCCCc1nc(NC(=O)c2cccnc2)c2ncn(Cc3ccccc3)c2n1. The molecule has 0 saturated heterocycles. The number of hydrogen-bond donors (Lipinski definition) is 1. The lowest BCUT2D eigenvalue weighted by atomic mass is 10.2. The number of rotatable bonds is 7. The number of pyridine rings is 1. The molecule has 146 valence electrons. The predicted molar refractivity (Wildman–Crippen MR) is 112 cm³/mol. The van der Waals surface area contributed by atoms with Crippen LogP contribution in [0.2, 0.25) is 0 Å². The van der Waals surface area contributed by atoms with Crippen LogP contribution in [0.25, 0.3) is 11.2 Å². The third-order valence-electron chi connectivity index (χ3n) is 4.62. The summed E-state index contributed by atoms with van der Waals surface area (Å²) in [5.74, 6) is 0.870. The molecule has 0 bridgehead atoms. The average molecular weight is 386 g/mol. The summed E-state index contributed by atoms with van der Waals surface area (Å²) in [6.45, 7) is 2.78. The van der Waals surface area contributed by atoms with E-state index in [9.17, 15) is 4.79 Å². The summed E-state index contributed by atoms with van der Waals surface area (Å²) in [5.41, 5.74) is 2.93. The van der Waals surface area contributed by atoms with E-state index in [1.165, 1.54) is 6.20 Å². The molecular formula is C22H22N6O. The number of amides is 1. The number of carbonyl (C=O) groups is 1. The van der Waals surface area contributed by atoms with Crippen molar-refractivity contribution in [2.75, 3.05) is 5.32 Å². The van der Waals surface area contributed by atoms with Crippen LogP contribution < -0.4 is 5.32 Å². The first-order chi connectivity index (χ1) is 14.2. The minimum absolute atomic E-state index is 0.267. The summed E-state index contributed by atoms with van der Waals surface area (Å²) in [6.07, 6.45) is 7.68. The molecule has 4 aromatic rings. The molecule has 1 amide bonds. The average Bonchev–Trinajstić information content (AvgIpc) is 3.16. The number of aromatic nitrogens is 5. The van der Waals surface area contributed by atoms with Gasteiger partial charge in [0.1, 0.15) is 5.82 Å². The zero-order valence-corrected chi connectivity index (χ0v) is 16.2. The highest BCUT2D eigenvalue weighted by atomic mass is 16.1. The van der Waals surface area contributed by atoms with E-state index < -0.39 is 0 Å². The maximum atomic E-state index is 12.6. The third-order valence-corrected chi connectivity index (χ3v) is 4.62. The molecule has 1 N–H and O–H groups in total. The van der Waals surface area contributed by atoms with E-state index in [0.717, 1.165) is 30.5 Å². The van der Waals surface area contributed by atoms with Crippen LogP contribution in [0.5, 0.6) is 0 Å². The first kappa shape index (κ1) is 18.7. The fourth-order valence-electron chi connectivity index (χ4n) is 3.10. The second-order valence-corrected chi connectivity index (χ2v) is 6.82. The van der Waals surface area contributed by atoms with Crippen molar-refractivity contribution in [2.45, 2.75) is 32.7 Å². The van der Waals surface area contributed by atoms with Crippen LogP contribution in [-0.4, -0.2) is 30.4 Å². The van der Waals surface area contributed by atoms with Gasteiger partial charge in [-0.1, -0.05) is 43.7 Å². The lowest BCUT2D eigenvalue weighted by Gasteiger charge is -2.09. The molecule has 3 aromatic heterocycles. The van der Waals surface area contributed by atoms with Crippen LogP contribution in [-0.2, 0) is 13.0 Å². The summed E-state index contributed by atoms with van der Waals surface area (Å²) < 4.78 is 1.99. The highest BCUT2D eigenvalue weighted by Gasteiger charge is 2.16. The number of benzene rings is 1. The van der Waals surface area contributed by atoms with Gasteiger partial charge in [-0.05, 0) is 24.1 Å². The van der Waals surface area contributed by atoms with Gasteiger partial charge in [0.25, 0.3) is 5.91 Å². The Kier molecular flexibility index (Phi) is 5.56. The highest BCUT2D eigenvalue weighted by Crippen LogP contribution is 2.21. The molecule has 3 heterocycles. The quantitative estimate of drug-likeness (QED) is 0.521. The second-order valence-electron chi connectivity index (χ2n) is 6.82. The van der Waals surface area contributed by atoms with Gasteiger partial charge in [-0.25, -0.2) is 15.0 Å². The van der Waals surface area contributed by atoms with Gasteiger partial charge in [0.15, 0.2) is 17.0 Å². The monoisotopic (exact) mass is 386 g/mol. The molecule has 7 nitrogen and oxygen atoms in total. The topological polar surface area (TPSA) is 85.6 Å². The standard InChI is InChI=1S/C22H22N6O/c1-2-3-11-18-25-20(27-22(29)17-10-7-12-23-13-17)19-21(26-18)28(15-24-19)14-16-8-5-4-6-9-16/h4-10,12-13,15H,2-3,11,14H2,1H3,(H,25,26,27,29). The molecule has 0 aliphatic heterocycles. The molecule has 0 aliphatic carbocycles. The van der Waals surface area contributed by atoms with Crippen molar-refractivity contribution in [3.8, 4) is 0 Å². The number of unbranched alkanes of at least 4 members (excludes halogenated alkanes) is 1. The normalized spacial score (nSPS) is 10.9. The number of aryl methyl sites for hydroxylation is 1. The third kappa shape index (κ3) is 4.29. The Morgan fingerprint density at radius 3 is 2.72 bits per heavy atom. The minimum Gasteiger partial charge on any atom is -0.311 e. The summed E-state index contributed by atoms with van der Waals surface area (Å²) in [4.78, 5) is 30.5. The van der Waals surface area contributed by atoms with Gasteiger partial charge in [-0.2, -0.15) is 0 Å². The molecule has 0 saturated carbocycles. The number of anilines is 1. The molecule has 0 unspecified atom stereocenters. The lowest BCUT2D eigenvalue weighted by molar-refractivity contribution is 0.102. The predicted octanol–water partition coefficient (Wildman–Crippen LogP) is 3.86. The molecule has 29 heavy (non-hydrogen) atoms. The van der Waals surface area contributed by atoms with E-state index >= 15 is 0 Å². The Morgan fingerprint density at radius 1 is 1.10 bits per heavy atom.